The summed E-state index contributed by atoms with van der Waals surface area (Å²) in [5.74, 6) is 0.751. The van der Waals surface area contributed by atoms with Crippen LogP contribution in [0.3, 0.4) is 0 Å². The Morgan fingerprint density at radius 3 is 2.44 bits per heavy atom. The molecule has 0 aliphatic carbocycles. The van der Waals surface area contributed by atoms with E-state index in [1.165, 1.54) is 32.1 Å². The molecule has 0 saturated carbocycles. The summed E-state index contributed by atoms with van der Waals surface area (Å²) in [6.45, 7) is 10.0. The summed E-state index contributed by atoms with van der Waals surface area (Å²) in [7, 11) is 0. The van der Waals surface area contributed by atoms with Gasteiger partial charge < -0.3 is 10.1 Å². The third-order valence-corrected chi connectivity index (χ3v) is 4.02. The lowest BCUT2D eigenvalue weighted by atomic mass is 9.89. The van der Waals surface area contributed by atoms with Crippen LogP contribution in [0.5, 0.6) is 0 Å². The summed E-state index contributed by atoms with van der Waals surface area (Å²) < 4.78 is 5.93. The average molecular weight is 227 g/mol. The highest BCUT2D eigenvalue weighted by molar-refractivity contribution is 4.82. The maximum atomic E-state index is 5.93. The highest BCUT2D eigenvalue weighted by Gasteiger charge is 2.27. The molecule has 0 spiro atoms. The normalized spacial score (nSPS) is 28.3. The monoisotopic (exact) mass is 227 g/mol. The van der Waals surface area contributed by atoms with Gasteiger partial charge in [0.15, 0.2) is 0 Å². The molecule has 96 valence electrons. The molecule has 2 heteroatoms. The van der Waals surface area contributed by atoms with Gasteiger partial charge in [-0.3, -0.25) is 0 Å². The molecule has 2 nitrogen and oxygen atoms in total. The van der Waals surface area contributed by atoms with Crippen molar-refractivity contribution in [1.29, 1.82) is 0 Å². The quantitative estimate of drug-likeness (QED) is 0.751. The van der Waals surface area contributed by atoms with Crippen LogP contribution in [0.2, 0.25) is 0 Å². The van der Waals surface area contributed by atoms with Gasteiger partial charge in [0.1, 0.15) is 0 Å². The van der Waals surface area contributed by atoms with Crippen LogP contribution in [0, 0.1) is 5.92 Å². The number of nitrogens with one attached hydrogen (secondary N) is 1. The van der Waals surface area contributed by atoms with E-state index < -0.39 is 0 Å². The Labute approximate surface area is 101 Å². The number of rotatable bonds is 6. The van der Waals surface area contributed by atoms with Gasteiger partial charge in [0, 0.05) is 18.7 Å². The third-order valence-electron chi connectivity index (χ3n) is 4.02. The Bertz CT molecular complexity index is 180. The SMILES string of the molecule is CCC(C)NC1CCOC(C(CC)CC)C1. The van der Waals surface area contributed by atoms with Crippen LogP contribution in [0.4, 0.5) is 0 Å². The van der Waals surface area contributed by atoms with Crippen LogP contribution in [0.1, 0.15) is 59.8 Å². The summed E-state index contributed by atoms with van der Waals surface area (Å²) in [6, 6.07) is 1.32. The topological polar surface area (TPSA) is 21.3 Å². The first-order valence-corrected chi connectivity index (χ1v) is 7.08. The van der Waals surface area contributed by atoms with Crippen LogP contribution in [-0.4, -0.2) is 24.8 Å². The van der Waals surface area contributed by atoms with Gasteiger partial charge >= 0.3 is 0 Å². The van der Waals surface area contributed by atoms with E-state index in [2.05, 4.69) is 33.0 Å². The van der Waals surface area contributed by atoms with Gasteiger partial charge in [0.25, 0.3) is 0 Å². The van der Waals surface area contributed by atoms with Crippen molar-refractivity contribution in [2.75, 3.05) is 6.61 Å². The fourth-order valence-corrected chi connectivity index (χ4v) is 2.64. The van der Waals surface area contributed by atoms with E-state index in [-0.39, 0.29) is 0 Å². The molecule has 0 radical (unpaired) electrons. The van der Waals surface area contributed by atoms with Crippen LogP contribution in [0.25, 0.3) is 0 Å². The zero-order chi connectivity index (χ0) is 12.0. The van der Waals surface area contributed by atoms with E-state index in [9.17, 15) is 0 Å². The molecule has 1 rings (SSSR count). The van der Waals surface area contributed by atoms with Crippen molar-refractivity contribution in [3.8, 4) is 0 Å². The summed E-state index contributed by atoms with van der Waals surface area (Å²) in [5, 5.41) is 3.72. The van der Waals surface area contributed by atoms with E-state index in [1.807, 2.05) is 0 Å². The standard InChI is InChI=1S/C14H29NO/c1-5-11(4)15-13-8-9-16-14(10-13)12(6-2)7-3/h11-15H,5-10H2,1-4H3. The van der Waals surface area contributed by atoms with Gasteiger partial charge in [0.05, 0.1) is 6.10 Å². The second-order valence-corrected chi connectivity index (χ2v) is 5.18. The second-order valence-electron chi connectivity index (χ2n) is 5.18. The van der Waals surface area contributed by atoms with Crippen molar-refractivity contribution < 1.29 is 4.74 Å². The fraction of sp³-hybridized carbons (Fsp3) is 1.00. The highest BCUT2D eigenvalue weighted by atomic mass is 16.5. The van der Waals surface area contributed by atoms with Crippen LogP contribution in [-0.2, 0) is 4.74 Å². The lowest BCUT2D eigenvalue weighted by molar-refractivity contribution is -0.0360. The van der Waals surface area contributed by atoms with E-state index in [0.717, 1.165) is 12.5 Å². The molecule has 3 atom stereocenters. The Hall–Kier alpha value is -0.0800. The largest absolute Gasteiger partial charge is 0.378 e. The Morgan fingerprint density at radius 1 is 1.19 bits per heavy atom. The van der Waals surface area contributed by atoms with Gasteiger partial charge in [-0.2, -0.15) is 0 Å². The lowest BCUT2D eigenvalue weighted by Crippen LogP contribution is -2.44. The fourth-order valence-electron chi connectivity index (χ4n) is 2.64. The third kappa shape index (κ3) is 4.06. The predicted octanol–water partition coefficient (Wildman–Crippen LogP) is 3.36. The maximum Gasteiger partial charge on any atom is 0.0617 e. The zero-order valence-electron chi connectivity index (χ0n) is 11.5. The second kappa shape index (κ2) is 7.29. The van der Waals surface area contributed by atoms with E-state index in [0.29, 0.717) is 18.2 Å². The number of ether oxygens (including phenoxy) is 1. The zero-order valence-corrected chi connectivity index (χ0v) is 11.5. The maximum absolute atomic E-state index is 5.93. The molecule has 1 aliphatic rings. The minimum Gasteiger partial charge on any atom is -0.378 e. The van der Waals surface area contributed by atoms with Crippen molar-refractivity contribution in [2.45, 2.75) is 78.0 Å². The molecule has 0 amide bonds. The summed E-state index contributed by atoms with van der Waals surface area (Å²) in [5.41, 5.74) is 0. The van der Waals surface area contributed by atoms with Crippen LogP contribution >= 0.6 is 0 Å². The van der Waals surface area contributed by atoms with Crippen molar-refractivity contribution in [1.82, 2.24) is 5.32 Å². The molecule has 1 aliphatic heterocycles. The molecule has 0 bridgehead atoms. The Balaban J connectivity index is 2.40. The van der Waals surface area contributed by atoms with Gasteiger partial charge in [-0.05, 0) is 32.1 Å². The van der Waals surface area contributed by atoms with Gasteiger partial charge in [0.2, 0.25) is 0 Å². The highest BCUT2D eigenvalue weighted by Crippen LogP contribution is 2.25. The predicted molar refractivity (Wildman–Crippen MR) is 69.7 cm³/mol. The van der Waals surface area contributed by atoms with Crippen molar-refractivity contribution in [2.24, 2.45) is 5.92 Å². The molecule has 1 fully saturated rings. The molecule has 1 N–H and O–H groups in total. The first kappa shape index (κ1) is 14.0. The molecule has 3 unspecified atom stereocenters. The molecule has 16 heavy (non-hydrogen) atoms. The summed E-state index contributed by atoms with van der Waals surface area (Å²) in [4.78, 5) is 0. The molecular weight excluding hydrogens is 198 g/mol. The van der Waals surface area contributed by atoms with E-state index >= 15 is 0 Å². The Morgan fingerprint density at radius 2 is 1.88 bits per heavy atom. The smallest absolute Gasteiger partial charge is 0.0617 e. The molecule has 1 heterocycles. The molecule has 0 aromatic rings. The lowest BCUT2D eigenvalue weighted by Gasteiger charge is -2.35. The minimum absolute atomic E-state index is 0.491. The van der Waals surface area contributed by atoms with E-state index in [4.69, 9.17) is 4.74 Å². The first-order valence-electron chi connectivity index (χ1n) is 7.08. The molecule has 0 aromatic heterocycles. The van der Waals surface area contributed by atoms with Gasteiger partial charge in [-0.15, -0.1) is 0 Å². The summed E-state index contributed by atoms with van der Waals surface area (Å²) >= 11 is 0. The van der Waals surface area contributed by atoms with Crippen LogP contribution in [0.15, 0.2) is 0 Å². The first-order chi connectivity index (χ1) is 7.71. The average Bonchev–Trinajstić information content (AvgIpc) is 2.31. The van der Waals surface area contributed by atoms with Crippen molar-refractivity contribution >= 4 is 0 Å². The van der Waals surface area contributed by atoms with Crippen molar-refractivity contribution in [3.63, 3.8) is 0 Å². The van der Waals surface area contributed by atoms with Gasteiger partial charge in [-0.25, -0.2) is 0 Å². The Kier molecular flexibility index (Phi) is 6.37. The molecule has 0 aromatic carbocycles. The van der Waals surface area contributed by atoms with E-state index in [1.54, 1.807) is 0 Å². The minimum atomic E-state index is 0.491. The summed E-state index contributed by atoms with van der Waals surface area (Å²) in [6.07, 6.45) is 6.59. The molecule has 1 saturated heterocycles. The number of hydrogen-bond donors (Lipinski definition) is 1. The number of hydrogen-bond acceptors (Lipinski definition) is 2. The van der Waals surface area contributed by atoms with Gasteiger partial charge in [-0.1, -0.05) is 33.6 Å². The molecular formula is C14H29NO. The van der Waals surface area contributed by atoms with Crippen LogP contribution < -0.4 is 5.32 Å². The van der Waals surface area contributed by atoms with Crippen molar-refractivity contribution in [3.05, 3.63) is 0 Å².